The highest BCUT2D eigenvalue weighted by molar-refractivity contribution is 6.33. The van der Waals surface area contributed by atoms with E-state index in [1.165, 1.54) is 12.1 Å². The number of carbonyl (C=O) groups is 1. The van der Waals surface area contributed by atoms with Crippen LogP contribution in [0.1, 0.15) is 36.0 Å². The maximum Gasteiger partial charge on any atom is 0.254 e. The van der Waals surface area contributed by atoms with E-state index < -0.39 is 11.7 Å². The number of anilines is 2. The van der Waals surface area contributed by atoms with Gasteiger partial charge in [0.2, 0.25) is 5.95 Å². The molecule has 0 spiro atoms. The first-order valence-electron chi connectivity index (χ1n) is 11.2. The molecule has 0 saturated heterocycles. The molecule has 2 unspecified atom stereocenters. The number of H-pyrrole nitrogens is 1. The Kier molecular flexibility index (Phi) is 6.06. The third kappa shape index (κ3) is 4.54. The molecule has 1 saturated carbocycles. The van der Waals surface area contributed by atoms with Crippen LogP contribution in [-0.2, 0) is 0 Å². The zero-order chi connectivity index (χ0) is 23.7. The molecule has 2 atom stereocenters. The monoisotopic (exact) mass is 478 g/mol. The predicted molar refractivity (Wildman–Crippen MR) is 132 cm³/mol. The number of rotatable bonds is 5. The summed E-state index contributed by atoms with van der Waals surface area (Å²) in [5.41, 5.74) is 8.42. The van der Waals surface area contributed by atoms with Crippen molar-refractivity contribution in [3.63, 3.8) is 0 Å². The van der Waals surface area contributed by atoms with E-state index >= 15 is 0 Å². The lowest BCUT2D eigenvalue weighted by atomic mass is 9.91. The van der Waals surface area contributed by atoms with Crippen LogP contribution in [-0.4, -0.2) is 32.9 Å². The topological polar surface area (TPSA) is 109 Å². The third-order valence-electron chi connectivity index (χ3n) is 6.17. The van der Waals surface area contributed by atoms with Crippen LogP contribution in [0.25, 0.3) is 22.2 Å². The summed E-state index contributed by atoms with van der Waals surface area (Å²) in [5, 5.41) is 7.83. The number of amides is 1. The molecule has 1 aliphatic carbocycles. The number of nitrogens with two attached hydrogens (primary N) is 1. The van der Waals surface area contributed by atoms with Crippen LogP contribution >= 0.6 is 11.6 Å². The van der Waals surface area contributed by atoms with E-state index in [0.717, 1.165) is 41.8 Å². The van der Waals surface area contributed by atoms with Gasteiger partial charge in [-0.25, -0.2) is 14.4 Å². The average Bonchev–Trinajstić information content (AvgIpc) is 3.24. The maximum absolute atomic E-state index is 14.1. The maximum atomic E-state index is 14.1. The van der Waals surface area contributed by atoms with Crippen molar-refractivity contribution in [2.45, 2.75) is 37.8 Å². The lowest BCUT2D eigenvalue weighted by Gasteiger charge is -2.30. The van der Waals surface area contributed by atoms with Crippen molar-refractivity contribution in [2.24, 2.45) is 0 Å². The first-order chi connectivity index (χ1) is 16.5. The fourth-order valence-corrected chi connectivity index (χ4v) is 4.70. The van der Waals surface area contributed by atoms with E-state index in [1.54, 1.807) is 6.20 Å². The molecule has 34 heavy (non-hydrogen) atoms. The first-order valence-corrected chi connectivity index (χ1v) is 11.6. The summed E-state index contributed by atoms with van der Waals surface area (Å²) in [7, 11) is 0. The minimum absolute atomic E-state index is 0.00584. The van der Waals surface area contributed by atoms with Crippen molar-refractivity contribution >= 4 is 40.0 Å². The van der Waals surface area contributed by atoms with Gasteiger partial charge in [0, 0.05) is 40.4 Å². The van der Waals surface area contributed by atoms with Gasteiger partial charge in [0.15, 0.2) is 0 Å². The quantitative estimate of drug-likeness (QED) is 0.296. The van der Waals surface area contributed by atoms with Gasteiger partial charge in [-0.2, -0.15) is 0 Å². The zero-order valence-corrected chi connectivity index (χ0v) is 19.1. The average molecular weight is 479 g/mol. The number of aromatic amines is 1. The Bertz CT molecular complexity index is 1360. The van der Waals surface area contributed by atoms with Crippen molar-refractivity contribution in [1.82, 2.24) is 20.3 Å². The van der Waals surface area contributed by atoms with Gasteiger partial charge < -0.3 is 21.4 Å². The molecule has 5 rings (SSSR count). The number of fused-ring (bicyclic) bond motifs is 1. The molecular formula is C25H24ClFN6O. The van der Waals surface area contributed by atoms with Crippen molar-refractivity contribution < 1.29 is 9.18 Å². The molecule has 7 nitrogen and oxygen atoms in total. The van der Waals surface area contributed by atoms with Gasteiger partial charge in [-0.3, -0.25) is 4.79 Å². The molecule has 1 amide bonds. The Morgan fingerprint density at radius 3 is 2.85 bits per heavy atom. The van der Waals surface area contributed by atoms with E-state index in [0.29, 0.717) is 23.1 Å². The van der Waals surface area contributed by atoms with Crippen molar-refractivity contribution in [1.29, 1.82) is 0 Å². The van der Waals surface area contributed by atoms with E-state index in [4.69, 9.17) is 17.3 Å². The molecule has 174 valence electrons. The Labute approximate surface area is 200 Å². The van der Waals surface area contributed by atoms with Crippen LogP contribution in [0.4, 0.5) is 16.0 Å². The second-order valence-corrected chi connectivity index (χ2v) is 8.96. The van der Waals surface area contributed by atoms with Gasteiger partial charge in [-0.1, -0.05) is 29.8 Å². The molecule has 9 heteroatoms. The molecule has 1 aliphatic rings. The van der Waals surface area contributed by atoms with Gasteiger partial charge in [0.25, 0.3) is 5.91 Å². The second-order valence-electron chi connectivity index (χ2n) is 8.56. The summed E-state index contributed by atoms with van der Waals surface area (Å²) in [6.07, 6.45) is 6.82. The fraction of sp³-hybridized carbons (Fsp3) is 0.240. The lowest BCUT2D eigenvalue weighted by molar-refractivity contribution is 0.0922. The number of nitrogens with zero attached hydrogens (tertiary/aromatic N) is 2. The fourth-order valence-electron chi connectivity index (χ4n) is 4.51. The van der Waals surface area contributed by atoms with E-state index in [2.05, 4.69) is 25.6 Å². The molecule has 0 bridgehead atoms. The number of hydrogen-bond donors (Lipinski definition) is 4. The summed E-state index contributed by atoms with van der Waals surface area (Å²) in [6, 6.07) is 12.0. The Morgan fingerprint density at radius 1 is 1.18 bits per heavy atom. The largest absolute Gasteiger partial charge is 0.399 e. The van der Waals surface area contributed by atoms with E-state index in [-0.39, 0.29) is 23.3 Å². The SMILES string of the molecule is Nc1ccc(C(=O)NC2CCCC(Nc3ncc(Cl)c(-c4c[nH]c5ccccc45)n3)C2)c(F)c1. The second kappa shape index (κ2) is 9.30. The summed E-state index contributed by atoms with van der Waals surface area (Å²) in [5.74, 6) is -0.582. The highest BCUT2D eigenvalue weighted by Gasteiger charge is 2.25. The number of benzene rings is 2. The van der Waals surface area contributed by atoms with Crippen LogP contribution < -0.4 is 16.4 Å². The molecule has 4 aromatic rings. The van der Waals surface area contributed by atoms with Crippen LogP contribution in [0.15, 0.2) is 54.9 Å². The number of nitrogen functional groups attached to an aromatic ring is 1. The minimum atomic E-state index is -0.623. The normalized spacial score (nSPS) is 18.1. The standard InChI is InChI=1S/C25H24ClFN6O/c26-20-13-30-25(33-23(20)19-12-29-22-7-2-1-6-17(19)22)32-16-5-3-4-15(11-16)31-24(34)18-9-8-14(28)10-21(18)27/h1-2,6-10,12-13,15-16,29H,3-5,11,28H2,(H,31,34)(H,30,32,33). The van der Waals surface area contributed by atoms with Crippen LogP contribution in [0.3, 0.4) is 0 Å². The summed E-state index contributed by atoms with van der Waals surface area (Å²) in [4.78, 5) is 24.9. The van der Waals surface area contributed by atoms with Crippen molar-refractivity contribution in [3.05, 3.63) is 71.3 Å². The molecule has 2 heterocycles. The molecular weight excluding hydrogens is 455 g/mol. The number of hydrogen-bond acceptors (Lipinski definition) is 5. The van der Waals surface area contributed by atoms with Crippen LogP contribution in [0.2, 0.25) is 5.02 Å². The zero-order valence-electron chi connectivity index (χ0n) is 18.3. The number of nitrogens with one attached hydrogen (secondary N) is 3. The molecule has 2 aromatic heterocycles. The Hall–Kier alpha value is -3.65. The highest BCUT2D eigenvalue weighted by Crippen LogP contribution is 2.32. The van der Waals surface area contributed by atoms with Gasteiger partial charge >= 0.3 is 0 Å². The number of halogens is 2. The van der Waals surface area contributed by atoms with E-state index in [1.807, 2.05) is 30.5 Å². The summed E-state index contributed by atoms with van der Waals surface area (Å²) in [6.45, 7) is 0. The third-order valence-corrected chi connectivity index (χ3v) is 6.45. The predicted octanol–water partition coefficient (Wildman–Crippen LogP) is 5.15. The van der Waals surface area contributed by atoms with Gasteiger partial charge in [-0.15, -0.1) is 0 Å². The Morgan fingerprint density at radius 2 is 2.00 bits per heavy atom. The molecule has 1 fully saturated rings. The molecule has 0 aliphatic heterocycles. The lowest BCUT2D eigenvalue weighted by Crippen LogP contribution is -2.42. The molecule has 5 N–H and O–H groups in total. The smallest absolute Gasteiger partial charge is 0.254 e. The Balaban J connectivity index is 1.29. The van der Waals surface area contributed by atoms with Crippen molar-refractivity contribution in [3.8, 4) is 11.3 Å². The van der Waals surface area contributed by atoms with Gasteiger partial charge in [0.05, 0.1) is 22.5 Å². The first kappa shape index (κ1) is 22.2. The number of carbonyl (C=O) groups excluding carboxylic acids is 1. The summed E-state index contributed by atoms with van der Waals surface area (Å²) < 4.78 is 14.1. The van der Waals surface area contributed by atoms with Gasteiger partial charge in [-0.05, 0) is 49.9 Å². The van der Waals surface area contributed by atoms with E-state index in [9.17, 15) is 9.18 Å². The van der Waals surface area contributed by atoms with Crippen LogP contribution in [0, 0.1) is 5.82 Å². The van der Waals surface area contributed by atoms with Crippen molar-refractivity contribution in [2.75, 3.05) is 11.1 Å². The number of para-hydroxylation sites is 1. The molecule has 0 radical (unpaired) electrons. The molecule has 2 aromatic carbocycles. The van der Waals surface area contributed by atoms with Gasteiger partial charge in [0.1, 0.15) is 5.82 Å². The van der Waals surface area contributed by atoms with Crippen LogP contribution in [0.5, 0.6) is 0 Å². The number of aromatic nitrogens is 3. The minimum Gasteiger partial charge on any atom is -0.399 e. The highest BCUT2D eigenvalue weighted by atomic mass is 35.5. The summed E-state index contributed by atoms with van der Waals surface area (Å²) >= 11 is 6.44.